The molecule has 1 saturated carbocycles. The fraction of sp³-hybridized carbons (Fsp3) is 1.00. The van der Waals surface area contributed by atoms with Gasteiger partial charge in [0.15, 0.2) is 0 Å². The van der Waals surface area contributed by atoms with Crippen LogP contribution in [0.5, 0.6) is 0 Å². The summed E-state index contributed by atoms with van der Waals surface area (Å²) in [6.07, 6.45) is 4.38. The van der Waals surface area contributed by atoms with Gasteiger partial charge in [-0.25, -0.2) is 0 Å². The molecule has 90 valence electrons. The molecule has 0 spiro atoms. The van der Waals surface area contributed by atoms with Crippen LogP contribution in [0.4, 0.5) is 0 Å². The molecule has 0 aromatic heterocycles. The summed E-state index contributed by atoms with van der Waals surface area (Å²) in [5, 5.41) is 3.55. The summed E-state index contributed by atoms with van der Waals surface area (Å²) in [5.74, 6) is 1.000. The van der Waals surface area contributed by atoms with E-state index in [0.29, 0.717) is 0 Å². The molecule has 1 N–H and O–H groups in total. The molecule has 0 atom stereocenters. The second-order valence-electron chi connectivity index (χ2n) is 5.87. The van der Waals surface area contributed by atoms with Crippen molar-refractivity contribution in [3.05, 3.63) is 0 Å². The minimum absolute atomic E-state index is 0.260. The van der Waals surface area contributed by atoms with E-state index in [4.69, 9.17) is 0 Å². The van der Waals surface area contributed by atoms with Crippen LogP contribution in [0.1, 0.15) is 47.0 Å². The molecule has 0 saturated heterocycles. The highest BCUT2D eigenvalue weighted by molar-refractivity contribution is 4.75. The van der Waals surface area contributed by atoms with Crippen molar-refractivity contribution in [2.45, 2.75) is 52.5 Å². The van der Waals surface area contributed by atoms with Gasteiger partial charge in [-0.3, -0.25) is 0 Å². The average Bonchev–Trinajstić information content (AvgIpc) is 2.05. The van der Waals surface area contributed by atoms with E-state index >= 15 is 0 Å². The standard InChI is InChI=1S/C13H28N2/c1-5-15(11-12-7-6-8-12)10-9-14-13(2,3)4/h12,14H,5-11H2,1-4H3. The van der Waals surface area contributed by atoms with Crippen molar-refractivity contribution in [2.75, 3.05) is 26.2 Å². The molecule has 0 unspecified atom stereocenters. The quantitative estimate of drug-likeness (QED) is 0.728. The van der Waals surface area contributed by atoms with Gasteiger partial charge in [0.2, 0.25) is 0 Å². The van der Waals surface area contributed by atoms with Gasteiger partial charge in [-0.05, 0) is 46.1 Å². The fourth-order valence-corrected chi connectivity index (χ4v) is 2.01. The molecule has 15 heavy (non-hydrogen) atoms. The smallest absolute Gasteiger partial charge is 0.0107 e. The van der Waals surface area contributed by atoms with Crippen LogP contribution < -0.4 is 5.32 Å². The molecular weight excluding hydrogens is 184 g/mol. The Kier molecular flexibility index (Phi) is 5.07. The molecule has 1 rings (SSSR count). The van der Waals surface area contributed by atoms with Gasteiger partial charge in [-0.1, -0.05) is 13.3 Å². The first-order chi connectivity index (χ1) is 7.01. The van der Waals surface area contributed by atoms with Gasteiger partial charge in [-0.15, -0.1) is 0 Å². The maximum Gasteiger partial charge on any atom is 0.0107 e. The van der Waals surface area contributed by atoms with Crippen LogP contribution in [0, 0.1) is 5.92 Å². The van der Waals surface area contributed by atoms with E-state index in [9.17, 15) is 0 Å². The molecule has 0 aliphatic heterocycles. The van der Waals surface area contributed by atoms with Gasteiger partial charge in [-0.2, -0.15) is 0 Å². The van der Waals surface area contributed by atoms with Crippen LogP contribution in [0.15, 0.2) is 0 Å². The van der Waals surface area contributed by atoms with Crippen molar-refractivity contribution in [3.63, 3.8) is 0 Å². The van der Waals surface area contributed by atoms with Gasteiger partial charge >= 0.3 is 0 Å². The topological polar surface area (TPSA) is 15.3 Å². The first-order valence-electron chi connectivity index (χ1n) is 6.48. The summed E-state index contributed by atoms with van der Waals surface area (Å²) < 4.78 is 0. The van der Waals surface area contributed by atoms with Crippen LogP contribution in [-0.2, 0) is 0 Å². The molecule has 0 aromatic carbocycles. The van der Waals surface area contributed by atoms with Crippen LogP contribution in [0.2, 0.25) is 0 Å². The highest BCUT2D eigenvalue weighted by Crippen LogP contribution is 2.26. The molecule has 1 aliphatic rings. The van der Waals surface area contributed by atoms with Crippen molar-refractivity contribution in [3.8, 4) is 0 Å². The van der Waals surface area contributed by atoms with Crippen molar-refractivity contribution in [1.29, 1.82) is 0 Å². The molecule has 1 aliphatic carbocycles. The zero-order chi connectivity index (χ0) is 11.3. The summed E-state index contributed by atoms with van der Waals surface area (Å²) in [6.45, 7) is 13.8. The Labute approximate surface area is 95.4 Å². The SMILES string of the molecule is CCN(CCNC(C)(C)C)CC1CCC1. The zero-order valence-corrected chi connectivity index (χ0v) is 11.0. The van der Waals surface area contributed by atoms with E-state index in [1.165, 1.54) is 38.9 Å². The van der Waals surface area contributed by atoms with Crippen LogP contribution >= 0.6 is 0 Å². The summed E-state index contributed by atoms with van der Waals surface area (Å²) in [4.78, 5) is 2.59. The monoisotopic (exact) mass is 212 g/mol. The summed E-state index contributed by atoms with van der Waals surface area (Å²) >= 11 is 0. The number of hydrogen-bond acceptors (Lipinski definition) is 2. The number of rotatable bonds is 6. The molecule has 2 nitrogen and oxygen atoms in total. The first kappa shape index (κ1) is 13.0. The second-order valence-corrected chi connectivity index (χ2v) is 5.87. The number of nitrogens with zero attached hydrogens (tertiary/aromatic N) is 1. The van der Waals surface area contributed by atoms with E-state index in [1.807, 2.05) is 0 Å². The van der Waals surface area contributed by atoms with E-state index in [0.717, 1.165) is 12.5 Å². The Hall–Kier alpha value is -0.0800. The Bertz CT molecular complexity index is 168. The third kappa shape index (κ3) is 5.53. The lowest BCUT2D eigenvalue weighted by Crippen LogP contribution is -2.43. The highest BCUT2D eigenvalue weighted by Gasteiger charge is 2.19. The Balaban J connectivity index is 2.10. The van der Waals surface area contributed by atoms with Gasteiger partial charge in [0.25, 0.3) is 0 Å². The van der Waals surface area contributed by atoms with E-state index in [2.05, 4.69) is 37.9 Å². The second kappa shape index (κ2) is 5.86. The van der Waals surface area contributed by atoms with Crippen molar-refractivity contribution in [2.24, 2.45) is 5.92 Å². The lowest BCUT2D eigenvalue weighted by atomic mass is 9.85. The molecule has 0 amide bonds. The third-order valence-electron chi connectivity index (χ3n) is 3.27. The number of nitrogens with one attached hydrogen (secondary N) is 1. The third-order valence-corrected chi connectivity index (χ3v) is 3.27. The molecule has 2 heteroatoms. The molecule has 0 heterocycles. The predicted octanol–water partition coefficient (Wildman–Crippen LogP) is 2.50. The lowest BCUT2D eigenvalue weighted by Gasteiger charge is -2.32. The zero-order valence-electron chi connectivity index (χ0n) is 11.0. The molecule has 0 bridgehead atoms. The predicted molar refractivity (Wildman–Crippen MR) is 67.2 cm³/mol. The highest BCUT2D eigenvalue weighted by atomic mass is 15.1. The minimum Gasteiger partial charge on any atom is -0.311 e. The molecule has 1 fully saturated rings. The summed E-state index contributed by atoms with van der Waals surface area (Å²) in [7, 11) is 0. The molecular formula is C13H28N2. The van der Waals surface area contributed by atoms with Crippen molar-refractivity contribution in [1.82, 2.24) is 10.2 Å². The average molecular weight is 212 g/mol. The molecule has 0 radical (unpaired) electrons. The van der Waals surface area contributed by atoms with Gasteiger partial charge in [0.1, 0.15) is 0 Å². The molecule has 0 aromatic rings. The lowest BCUT2D eigenvalue weighted by molar-refractivity contribution is 0.181. The Morgan fingerprint density at radius 2 is 1.93 bits per heavy atom. The summed E-state index contributed by atoms with van der Waals surface area (Å²) in [6, 6.07) is 0. The van der Waals surface area contributed by atoms with Crippen LogP contribution in [-0.4, -0.2) is 36.6 Å². The van der Waals surface area contributed by atoms with Crippen LogP contribution in [0.3, 0.4) is 0 Å². The fourth-order valence-electron chi connectivity index (χ4n) is 2.01. The van der Waals surface area contributed by atoms with Crippen molar-refractivity contribution >= 4 is 0 Å². The normalized spacial score (nSPS) is 18.2. The number of hydrogen-bond donors (Lipinski definition) is 1. The van der Waals surface area contributed by atoms with Crippen LogP contribution in [0.25, 0.3) is 0 Å². The van der Waals surface area contributed by atoms with E-state index in [1.54, 1.807) is 0 Å². The summed E-state index contributed by atoms with van der Waals surface area (Å²) in [5.41, 5.74) is 0.260. The largest absolute Gasteiger partial charge is 0.311 e. The van der Waals surface area contributed by atoms with Gasteiger partial charge in [0.05, 0.1) is 0 Å². The first-order valence-corrected chi connectivity index (χ1v) is 6.48. The minimum atomic E-state index is 0.260. The van der Waals surface area contributed by atoms with Gasteiger partial charge in [0, 0.05) is 25.2 Å². The van der Waals surface area contributed by atoms with Gasteiger partial charge < -0.3 is 10.2 Å². The Morgan fingerprint density at radius 3 is 2.33 bits per heavy atom. The number of likely N-dealkylation sites (N-methyl/N-ethyl adjacent to an activating group) is 1. The van der Waals surface area contributed by atoms with E-state index < -0.39 is 0 Å². The maximum absolute atomic E-state index is 3.55. The van der Waals surface area contributed by atoms with E-state index in [-0.39, 0.29) is 5.54 Å². The Morgan fingerprint density at radius 1 is 1.27 bits per heavy atom. The van der Waals surface area contributed by atoms with Crippen molar-refractivity contribution < 1.29 is 0 Å². The maximum atomic E-state index is 3.55.